The molecule has 4 amide bonds. The number of hydrogen-bond acceptors (Lipinski definition) is 4. The van der Waals surface area contributed by atoms with Gasteiger partial charge in [-0.25, -0.2) is 14.6 Å². The van der Waals surface area contributed by atoms with Crippen LogP contribution in [0.5, 0.6) is 0 Å². The Morgan fingerprint density at radius 2 is 1.69 bits per heavy atom. The Morgan fingerprint density at radius 3 is 2.19 bits per heavy atom. The summed E-state index contributed by atoms with van der Waals surface area (Å²) in [5.74, 6) is 0.951. The monoisotopic (exact) mass is 362 g/mol. The van der Waals surface area contributed by atoms with Gasteiger partial charge in [0.25, 0.3) is 0 Å². The number of amides is 4. The van der Waals surface area contributed by atoms with E-state index in [1.807, 2.05) is 18.3 Å². The summed E-state index contributed by atoms with van der Waals surface area (Å²) in [6.07, 6.45) is 1.81. The summed E-state index contributed by atoms with van der Waals surface area (Å²) >= 11 is 0. The van der Waals surface area contributed by atoms with E-state index >= 15 is 0 Å². The van der Waals surface area contributed by atoms with Gasteiger partial charge in [-0.2, -0.15) is 0 Å². The van der Waals surface area contributed by atoms with Crippen molar-refractivity contribution < 1.29 is 9.59 Å². The first-order valence-electron chi connectivity index (χ1n) is 9.15. The van der Waals surface area contributed by atoms with E-state index in [-0.39, 0.29) is 12.1 Å². The molecule has 26 heavy (non-hydrogen) atoms. The molecule has 0 spiro atoms. The van der Waals surface area contributed by atoms with Gasteiger partial charge in [-0.15, -0.1) is 0 Å². The van der Waals surface area contributed by atoms with Crippen LogP contribution in [0.25, 0.3) is 0 Å². The Balaban J connectivity index is 1.79. The average molecular weight is 362 g/mol. The van der Waals surface area contributed by atoms with Crippen LogP contribution in [-0.2, 0) is 6.54 Å². The number of pyridine rings is 1. The first kappa shape index (κ1) is 19.8. The van der Waals surface area contributed by atoms with E-state index in [1.54, 1.807) is 28.8 Å². The summed E-state index contributed by atoms with van der Waals surface area (Å²) in [4.78, 5) is 36.0. The van der Waals surface area contributed by atoms with Crippen LogP contribution in [0.15, 0.2) is 18.3 Å². The van der Waals surface area contributed by atoms with Crippen LogP contribution in [0.3, 0.4) is 0 Å². The Morgan fingerprint density at radius 1 is 1.08 bits per heavy atom. The molecule has 8 nitrogen and oxygen atoms in total. The number of carbonyl (C=O) groups excluding carboxylic acids is 2. The number of anilines is 1. The van der Waals surface area contributed by atoms with Crippen LogP contribution in [-0.4, -0.2) is 85.1 Å². The van der Waals surface area contributed by atoms with Gasteiger partial charge in [0, 0.05) is 66.1 Å². The summed E-state index contributed by atoms with van der Waals surface area (Å²) in [5, 5.41) is 2.93. The second-order valence-electron chi connectivity index (χ2n) is 6.51. The molecule has 2 rings (SSSR count). The standard InChI is InChI=1S/C18H30N6O2/c1-5-22(6-2)16-8-7-15(13-19-16)14-20-17(25)23-9-11-24(12-10-23)18(26)21(3)4/h7-8,13H,5-6,9-12,14H2,1-4H3,(H,20,25). The number of carbonyl (C=O) groups is 2. The lowest BCUT2D eigenvalue weighted by molar-refractivity contribution is 0.128. The molecule has 1 saturated heterocycles. The van der Waals surface area contributed by atoms with Crippen LogP contribution >= 0.6 is 0 Å². The van der Waals surface area contributed by atoms with Crippen molar-refractivity contribution in [3.63, 3.8) is 0 Å². The molecule has 1 fully saturated rings. The first-order chi connectivity index (χ1) is 12.5. The quantitative estimate of drug-likeness (QED) is 0.860. The minimum atomic E-state index is -0.102. The predicted octanol–water partition coefficient (Wildman–Crippen LogP) is 1.44. The number of urea groups is 2. The van der Waals surface area contributed by atoms with Crippen LogP contribution in [0.4, 0.5) is 15.4 Å². The van der Waals surface area contributed by atoms with Gasteiger partial charge in [0.2, 0.25) is 0 Å². The van der Waals surface area contributed by atoms with Gasteiger partial charge < -0.3 is 24.9 Å². The van der Waals surface area contributed by atoms with Crippen LogP contribution in [0, 0.1) is 0 Å². The van der Waals surface area contributed by atoms with E-state index in [0.29, 0.717) is 32.7 Å². The van der Waals surface area contributed by atoms with Crippen molar-refractivity contribution in [2.75, 3.05) is 58.3 Å². The second kappa shape index (κ2) is 9.26. The van der Waals surface area contributed by atoms with E-state index in [9.17, 15) is 9.59 Å². The van der Waals surface area contributed by atoms with Crippen molar-refractivity contribution >= 4 is 17.9 Å². The highest BCUT2D eigenvalue weighted by molar-refractivity contribution is 5.76. The fraction of sp³-hybridized carbons (Fsp3) is 0.611. The normalized spacial score (nSPS) is 14.2. The smallest absolute Gasteiger partial charge is 0.319 e. The van der Waals surface area contributed by atoms with Gasteiger partial charge in [-0.1, -0.05) is 6.07 Å². The predicted molar refractivity (Wildman–Crippen MR) is 102 cm³/mol. The van der Waals surface area contributed by atoms with Gasteiger partial charge in [-0.3, -0.25) is 0 Å². The Labute approximate surface area is 155 Å². The Hall–Kier alpha value is -2.51. The molecule has 2 heterocycles. The van der Waals surface area contributed by atoms with E-state index in [1.165, 1.54) is 0 Å². The number of nitrogens with zero attached hydrogens (tertiary/aromatic N) is 5. The zero-order chi connectivity index (χ0) is 19.1. The van der Waals surface area contributed by atoms with Crippen molar-refractivity contribution in [3.8, 4) is 0 Å². The molecule has 0 aromatic carbocycles. The number of piperazine rings is 1. The maximum Gasteiger partial charge on any atom is 0.319 e. The van der Waals surface area contributed by atoms with Crippen LogP contribution in [0.1, 0.15) is 19.4 Å². The lowest BCUT2D eigenvalue weighted by atomic mass is 10.2. The molecule has 0 saturated carbocycles. The highest BCUT2D eigenvalue weighted by Crippen LogP contribution is 2.11. The maximum atomic E-state index is 12.3. The number of hydrogen-bond donors (Lipinski definition) is 1. The zero-order valence-electron chi connectivity index (χ0n) is 16.2. The Kier molecular flexibility index (Phi) is 7.06. The first-order valence-corrected chi connectivity index (χ1v) is 9.15. The zero-order valence-corrected chi connectivity index (χ0v) is 16.2. The third kappa shape index (κ3) is 5.00. The third-order valence-electron chi connectivity index (χ3n) is 4.56. The lowest BCUT2D eigenvalue weighted by Gasteiger charge is -2.35. The summed E-state index contributed by atoms with van der Waals surface area (Å²) in [5.41, 5.74) is 0.968. The molecule has 0 atom stereocenters. The van der Waals surface area contributed by atoms with Crippen LogP contribution in [0.2, 0.25) is 0 Å². The number of nitrogens with one attached hydrogen (secondary N) is 1. The molecule has 8 heteroatoms. The molecule has 1 N–H and O–H groups in total. The summed E-state index contributed by atoms with van der Waals surface area (Å²) in [6, 6.07) is 3.87. The van der Waals surface area contributed by atoms with Gasteiger partial charge in [0.1, 0.15) is 5.82 Å². The van der Waals surface area contributed by atoms with Crippen molar-refractivity contribution in [1.82, 2.24) is 25.0 Å². The second-order valence-corrected chi connectivity index (χ2v) is 6.51. The fourth-order valence-electron chi connectivity index (χ4n) is 2.93. The fourth-order valence-corrected chi connectivity index (χ4v) is 2.93. The SMILES string of the molecule is CCN(CC)c1ccc(CNC(=O)N2CCN(C(=O)N(C)C)CC2)cn1. The van der Waals surface area contributed by atoms with Gasteiger partial charge in [-0.05, 0) is 25.5 Å². The molecule has 144 valence electrons. The number of aromatic nitrogens is 1. The summed E-state index contributed by atoms with van der Waals surface area (Å²) in [6.45, 7) is 8.70. The molecule has 1 aliphatic rings. The van der Waals surface area contributed by atoms with E-state index in [0.717, 1.165) is 24.5 Å². The lowest BCUT2D eigenvalue weighted by Crippen LogP contribution is -2.54. The van der Waals surface area contributed by atoms with Crippen molar-refractivity contribution in [1.29, 1.82) is 0 Å². The molecule has 0 radical (unpaired) electrons. The molecular formula is C18H30N6O2. The topological polar surface area (TPSA) is 72.0 Å². The molecule has 1 aromatic rings. The Bertz CT molecular complexity index is 592. The highest BCUT2D eigenvalue weighted by Gasteiger charge is 2.24. The number of rotatable bonds is 5. The molecular weight excluding hydrogens is 332 g/mol. The summed E-state index contributed by atoms with van der Waals surface area (Å²) in [7, 11) is 3.47. The van der Waals surface area contributed by atoms with Crippen molar-refractivity contribution in [2.45, 2.75) is 20.4 Å². The minimum absolute atomic E-state index is 0.00979. The molecule has 0 bridgehead atoms. The minimum Gasteiger partial charge on any atom is -0.357 e. The molecule has 1 aromatic heterocycles. The summed E-state index contributed by atoms with van der Waals surface area (Å²) < 4.78 is 0. The third-order valence-corrected chi connectivity index (χ3v) is 4.56. The van der Waals surface area contributed by atoms with E-state index < -0.39 is 0 Å². The maximum absolute atomic E-state index is 12.3. The highest BCUT2D eigenvalue weighted by atomic mass is 16.2. The molecule has 0 aliphatic carbocycles. The largest absolute Gasteiger partial charge is 0.357 e. The van der Waals surface area contributed by atoms with Gasteiger partial charge in [0.05, 0.1) is 0 Å². The van der Waals surface area contributed by atoms with E-state index in [4.69, 9.17) is 0 Å². The van der Waals surface area contributed by atoms with Crippen LogP contribution < -0.4 is 10.2 Å². The van der Waals surface area contributed by atoms with Crippen molar-refractivity contribution in [3.05, 3.63) is 23.9 Å². The molecule has 0 unspecified atom stereocenters. The average Bonchev–Trinajstić information content (AvgIpc) is 2.67. The van der Waals surface area contributed by atoms with Crippen molar-refractivity contribution in [2.24, 2.45) is 0 Å². The van der Waals surface area contributed by atoms with Gasteiger partial charge in [0.15, 0.2) is 0 Å². The van der Waals surface area contributed by atoms with Gasteiger partial charge >= 0.3 is 12.1 Å². The molecule has 1 aliphatic heterocycles. The van der Waals surface area contributed by atoms with E-state index in [2.05, 4.69) is 29.0 Å².